The number of hydrogen-bond acceptors (Lipinski definition) is 5. The second-order valence-electron chi connectivity index (χ2n) is 6.97. The number of anilines is 1. The Balaban J connectivity index is 1.52. The molecular formula is C22H24F3N3O3. The Hall–Kier alpha value is -3.23. The SMILES string of the molecule is C/C=C/c1ccc(OCC(=O)N2CCN(c3ccc(C(F)(F)F)cn3)CC2)c(OC)c1. The first-order valence-corrected chi connectivity index (χ1v) is 9.81. The van der Waals surface area contributed by atoms with Crippen LogP contribution in [0.3, 0.4) is 0 Å². The fourth-order valence-corrected chi connectivity index (χ4v) is 3.26. The van der Waals surface area contributed by atoms with Gasteiger partial charge >= 0.3 is 6.18 Å². The molecule has 3 rings (SSSR count). The number of piperazine rings is 1. The lowest BCUT2D eigenvalue weighted by Gasteiger charge is -2.35. The van der Waals surface area contributed by atoms with Gasteiger partial charge in [-0.05, 0) is 36.8 Å². The lowest BCUT2D eigenvalue weighted by atomic mass is 10.2. The molecule has 1 aliphatic rings. The molecule has 0 unspecified atom stereocenters. The zero-order valence-corrected chi connectivity index (χ0v) is 17.4. The van der Waals surface area contributed by atoms with Gasteiger partial charge in [-0.3, -0.25) is 4.79 Å². The number of carbonyl (C=O) groups is 1. The van der Waals surface area contributed by atoms with Crippen LogP contribution in [0, 0.1) is 0 Å². The van der Waals surface area contributed by atoms with Crippen LogP contribution in [0.2, 0.25) is 0 Å². The molecule has 1 fully saturated rings. The Bertz CT molecular complexity index is 922. The van der Waals surface area contributed by atoms with E-state index in [2.05, 4.69) is 4.98 Å². The topological polar surface area (TPSA) is 54.9 Å². The number of pyridine rings is 1. The summed E-state index contributed by atoms with van der Waals surface area (Å²) >= 11 is 0. The van der Waals surface area contributed by atoms with E-state index in [1.54, 1.807) is 11.0 Å². The Morgan fingerprint density at radius 2 is 1.87 bits per heavy atom. The summed E-state index contributed by atoms with van der Waals surface area (Å²) in [6, 6.07) is 7.83. The van der Waals surface area contributed by atoms with Gasteiger partial charge in [-0.2, -0.15) is 13.2 Å². The van der Waals surface area contributed by atoms with Crippen LogP contribution in [0.15, 0.2) is 42.6 Å². The van der Waals surface area contributed by atoms with E-state index in [-0.39, 0.29) is 12.5 Å². The highest BCUT2D eigenvalue weighted by atomic mass is 19.4. The monoisotopic (exact) mass is 435 g/mol. The molecule has 9 heteroatoms. The van der Waals surface area contributed by atoms with Gasteiger partial charge in [0, 0.05) is 32.4 Å². The van der Waals surface area contributed by atoms with Crippen LogP contribution in [0.1, 0.15) is 18.1 Å². The van der Waals surface area contributed by atoms with Crippen LogP contribution in [0.25, 0.3) is 6.08 Å². The van der Waals surface area contributed by atoms with Gasteiger partial charge in [0.25, 0.3) is 5.91 Å². The molecular weight excluding hydrogens is 411 g/mol. The molecule has 2 aromatic rings. The van der Waals surface area contributed by atoms with E-state index in [9.17, 15) is 18.0 Å². The highest BCUT2D eigenvalue weighted by molar-refractivity contribution is 5.78. The number of rotatable bonds is 6. The van der Waals surface area contributed by atoms with E-state index >= 15 is 0 Å². The number of alkyl halides is 3. The van der Waals surface area contributed by atoms with Crippen LogP contribution in [0.5, 0.6) is 11.5 Å². The van der Waals surface area contributed by atoms with Gasteiger partial charge < -0.3 is 19.3 Å². The fraction of sp³-hybridized carbons (Fsp3) is 0.364. The molecule has 1 aromatic carbocycles. The highest BCUT2D eigenvalue weighted by Gasteiger charge is 2.31. The Morgan fingerprint density at radius 3 is 2.45 bits per heavy atom. The first-order valence-electron chi connectivity index (χ1n) is 9.81. The molecule has 166 valence electrons. The van der Waals surface area contributed by atoms with Gasteiger partial charge in [-0.15, -0.1) is 0 Å². The Morgan fingerprint density at radius 1 is 1.13 bits per heavy atom. The maximum Gasteiger partial charge on any atom is 0.417 e. The average molecular weight is 435 g/mol. The molecule has 0 spiro atoms. The third-order valence-corrected chi connectivity index (χ3v) is 4.93. The number of methoxy groups -OCH3 is 1. The summed E-state index contributed by atoms with van der Waals surface area (Å²) in [5.41, 5.74) is 0.183. The Kier molecular flexibility index (Phi) is 7.04. The van der Waals surface area contributed by atoms with Gasteiger partial charge in [-0.1, -0.05) is 18.2 Å². The van der Waals surface area contributed by atoms with Crippen LogP contribution in [-0.2, 0) is 11.0 Å². The van der Waals surface area contributed by atoms with Crippen molar-refractivity contribution in [1.29, 1.82) is 0 Å². The zero-order chi connectivity index (χ0) is 22.4. The van der Waals surface area contributed by atoms with E-state index < -0.39 is 11.7 Å². The normalized spacial score (nSPS) is 14.7. The summed E-state index contributed by atoms with van der Waals surface area (Å²) in [6.07, 6.45) is 0.267. The molecule has 0 saturated carbocycles. The van der Waals surface area contributed by atoms with Crippen molar-refractivity contribution in [3.8, 4) is 11.5 Å². The Labute approximate surface area is 178 Å². The minimum Gasteiger partial charge on any atom is -0.493 e. The standard InChI is InChI=1S/C22H24F3N3O3/c1-3-4-16-5-7-18(19(13-16)30-2)31-15-21(29)28-11-9-27(10-12-28)20-8-6-17(14-26-20)22(23,24)25/h3-8,13-14H,9-12,15H2,1-2H3/b4-3+. The molecule has 2 heterocycles. The van der Waals surface area contributed by atoms with Gasteiger partial charge in [0.2, 0.25) is 0 Å². The fourth-order valence-electron chi connectivity index (χ4n) is 3.26. The quantitative estimate of drug-likeness (QED) is 0.690. The minimum absolute atomic E-state index is 0.127. The van der Waals surface area contributed by atoms with Crippen molar-refractivity contribution in [2.75, 3.05) is 44.8 Å². The molecule has 0 aliphatic carbocycles. The molecule has 0 N–H and O–H groups in total. The smallest absolute Gasteiger partial charge is 0.417 e. The summed E-state index contributed by atoms with van der Waals surface area (Å²) in [6.45, 7) is 3.61. The second kappa shape index (κ2) is 9.72. The molecule has 31 heavy (non-hydrogen) atoms. The van der Waals surface area contributed by atoms with Crippen molar-refractivity contribution in [2.24, 2.45) is 0 Å². The number of amides is 1. The summed E-state index contributed by atoms with van der Waals surface area (Å²) < 4.78 is 49.0. The average Bonchev–Trinajstić information content (AvgIpc) is 2.77. The van der Waals surface area contributed by atoms with Crippen LogP contribution >= 0.6 is 0 Å². The zero-order valence-electron chi connectivity index (χ0n) is 17.4. The van der Waals surface area contributed by atoms with Gasteiger partial charge in [0.05, 0.1) is 12.7 Å². The molecule has 0 bridgehead atoms. The third kappa shape index (κ3) is 5.68. The van der Waals surface area contributed by atoms with Crippen molar-refractivity contribution < 1.29 is 27.4 Å². The van der Waals surface area contributed by atoms with E-state index in [1.165, 1.54) is 13.2 Å². The molecule has 1 aliphatic heterocycles. The predicted octanol–water partition coefficient (Wildman–Crippen LogP) is 3.87. The number of aromatic nitrogens is 1. The summed E-state index contributed by atoms with van der Waals surface area (Å²) in [7, 11) is 1.54. The summed E-state index contributed by atoms with van der Waals surface area (Å²) in [4.78, 5) is 20.0. The van der Waals surface area contributed by atoms with Crippen LogP contribution < -0.4 is 14.4 Å². The van der Waals surface area contributed by atoms with Crippen molar-refractivity contribution in [3.05, 3.63) is 53.7 Å². The molecule has 6 nitrogen and oxygen atoms in total. The highest BCUT2D eigenvalue weighted by Crippen LogP contribution is 2.30. The van der Waals surface area contributed by atoms with Gasteiger partial charge in [0.1, 0.15) is 5.82 Å². The maximum atomic E-state index is 12.7. The first-order chi connectivity index (χ1) is 14.8. The van der Waals surface area contributed by atoms with E-state index in [0.29, 0.717) is 43.5 Å². The second-order valence-corrected chi connectivity index (χ2v) is 6.97. The maximum absolute atomic E-state index is 12.7. The summed E-state index contributed by atoms with van der Waals surface area (Å²) in [5.74, 6) is 1.32. The van der Waals surface area contributed by atoms with Crippen molar-refractivity contribution in [2.45, 2.75) is 13.1 Å². The number of ether oxygens (including phenoxy) is 2. The van der Waals surface area contributed by atoms with E-state index in [4.69, 9.17) is 9.47 Å². The number of nitrogens with zero attached hydrogens (tertiary/aromatic N) is 3. The number of hydrogen-bond donors (Lipinski definition) is 0. The minimum atomic E-state index is -4.41. The largest absolute Gasteiger partial charge is 0.493 e. The van der Waals surface area contributed by atoms with Crippen molar-refractivity contribution in [3.63, 3.8) is 0 Å². The predicted molar refractivity (Wildman–Crippen MR) is 111 cm³/mol. The number of allylic oxidation sites excluding steroid dienone is 1. The van der Waals surface area contributed by atoms with E-state index in [1.807, 2.05) is 36.1 Å². The van der Waals surface area contributed by atoms with Crippen LogP contribution in [0.4, 0.5) is 19.0 Å². The summed E-state index contributed by atoms with van der Waals surface area (Å²) in [5, 5.41) is 0. The number of halogens is 3. The van der Waals surface area contributed by atoms with E-state index in [0.717, 1.165) is 17.8 Å². The first kappa shape index (κ1) is 22.5. The molecule has 1 amide bonds. The lowest BCUT2D eigenvalue weighted by molar-refractivity contribution is -0.138. The van der Waals surface area contributed by atoms with Crippen molar-refractivity contribution in [1.82, 2.24) is 9.88 Å². The molecule has 1 aromatic heterocycles. The van der Waals surface area contributed by atoms with Crippen LogP contribution in [-0.4, -0.2) is 55.7 Å². The number of benzene rings is 1. The number of carbonyl (C=O) groups excluding carboxylic acids is 1. The third-order valence-electron chi connectivity index (χ3n) is 4.93. The van der Waals surface area contributed by atoms with Gasteiger partial charge in [-0.25, -0.2) is 4.98 Å². The molecule has 0 atom stereocenters. The molecule has 0 radical (unpaired) electrons. The van der Waals surface area contributed by atoms with Crippen molar-refractivity contribution >= 4 is 17.8 Å². The van der Waals surface area contributed by atoms with Gasteiger partial charge in [0.15, 0.2) is 18.1 Å². The molecule has 1 saturated heterocycles. The lowest BCUT2D eigenvalue weighted by Crippen LogP contribution is -2.50.